The molecule has 1 rings (SSSR count). The molecule has 0 aromatic heterocycles. The summed E-state index contributed by atoms with van der Waals surface area (Å²) in [6, 6.07) is 0. The molecule has 0 spiro atoms. The van der Waals surface area contributed by atoms with Crippen molar-refractivity contribution in [3.05, 3.63) is 12.4 Å². The van der Waals surface area contributed by atoms with Crippen molar-refractivity contribution in [2.45, 2.75) is 89.2 Å². The molecule has 0 radical (unpaired) electrons. The topological polar surface area (TPSA) is 6.48 Å². The molecule has 25 heavy (non-hydrogen) atoms. The van der Waals surface area contributed by atoms with Crippen LogP contribution in [0.3, 0.4) is 0 Å². The van der Waals surface area contributed by atoms with Crippen molar-refractivity contribution < 1.29 is 0 Å². The highest BCUT2D eigenvalue weighted by Crippen LogP contribution is 2.34. The summed E-state index contributed by atoms with van der Waals surface area (Å²) in [5.41, 5.74) is 0. The molecule has 1 aliphatic rings. The molecule has 0 aliphatic carbocycles. The number of nitrogens with zero attached hydrogens (tertiary/aromatic N) is 2. The molecule has 0 aromatic rings. The number of rotatable bonds is 8. The highest BCUT2D eigenvalue weighted by atomic mass is 32.2. The molecule has 0 fully saturated rings. The summed E-state index contributed by atoms with van der Waals surface area (Å²) in [7, 11) is 0. The van der Waals surface area contributed by atoms with Gasteiger partial charge in [0, 0.05) is 45.5 Å². The first-order valence-corrected chi connectivity index (χ1v) is 11.5. The van der Waals surface area contributed by atoms with Gasteiger partial charge >= 0.3 is 0 Å². The van der Waals surface area contributed by atoms with Crippen LogP contribution in [0.1, 0.15) is 69.2 Å². The minimum Gasteiger partial charge on any atom is -0.357 e. The maximum atomic E-state index is 2.50. The van der Waals surface area contributed by atoms with E-state index in [0.717, 1.165) is 19.8 Å². The van der Waals surface area contributed by atoms with E-state index in [0.29, 0.717) is 31.8 Å². The lowest BCUT2D eigenvalue weighted by molar-refractivity contribution is 0.251. The number of hydrogen-bond donors (Lipinski definition) is 0. The normalized spacial score (nSPS) is 18.6. The minimum atomic E-state index is 0.324. The quantitative estimate of drug-likeness (QED) is 0.493. The second kappa shape index (κ2) is 9.30. The van der Waals surface area contributed by atoms with Gasteiger partial charge in [0.1, 0.15) is 0 Å². The van der Waals surface area contributed by atoms with Crippen LogP contribution in [-0.4, -0.2) is 49.6 Å². The van der Waals surface area contributed by atoms with Gasteiger partial charge in [0.25, 0.3) is 0 Å². The third-order valence-electron chi connectivity index (χ3n) is 4.18. The standard InChI is InChI=1S/C21H42N2S2/c1-16(2)18(24-20(5,6)7)13-22-11-12-23(15-22)14-19(17(3)4)25-21(8,9)10/h11-12,16-19H,13-15H2,1-10H3/t18-,19-/m0/s1. The first-order valence-electron chi connectivity index (χ1n) is 9.79. The van der Waals surface area contributed by atoms with Crippen LogP contribution in [0.15, 0.2) is 12.4 Å². The molecule has 0 amide bonds. The van der Waals surface area contributed by atoms with Crippen LogP contribution in [-0.2, 0) is 0 Å². The zero-order valence-electron chi connectivity index (χ0n) is 18.3. The molecule has 0 bridgehead atoms. The van der Waals surface area contributed by atoms with Crippen molar-refractivity contribution in [2.75, 3.05) is 19.8 Å². The van der Waals surface area contributed by atoms with Crippen LogP contribution in [0.25, 0.3) is 0 Å². The zero-order valence-corrected chi connectivity index (χ0v) is 19.9. The van der Waals surface area contributed by atoms with Crippen LogP contribution in [0.5, 0.6) is 0 Å². The van der Waals surface area contributed by atoms with Gasteiger partial charge in [-0.05, 0) is 11.8 Å². The van der Waals surface area contributed by atoms with Crippen LogP contribution in [0, 0.1) is 11.8 Å². The van der Waals surface area contributed by atoms with E-state index < -0.39 is 0 Å². The first-order chi connectivity index (χ1) is 11.3. The van der Waals surface area contributed by atoms with E-state index in [1.54, 1.807) is 0 Å². The van der Waals surface area contributed by atoms with Crippen molar-refractivity contribution in [3.63, 3.8) is 0 Å². The summed E-state index contributed by atoms with van der Waals surface area (Å²) >= 11 is 4.25. The van der Waals surface area contributed by atoms with E-state index in [1.165, 1.54) is 0 Å². The molecular weight excluding hydrogens is 344 g/mol. The molecule has 4 heteroatoms. The van der Waals surface area contributed by atoms with Crippen molar-refractivity contribution in [2.24, 2.45) is 11.8 Å². The van der Waals surface area contributed by atoms with Crippen LogP contribution < -0.4 is 0 Å². The van der Waals surface area contributed by atoms with Gasteiger partial charge in [-0.3, -0.25) is 0 Å². The van der Waals surface area contributed by atoms with Gasteiger partial charge in [0.05, 0.1) is 6.67 Å². The molecule has 0 saturated carbocycles. The van der Waals surface area contributed by atoms with Gasteiger partial charge in [-0.25, -0.2) is 0 Å². The zero-order chi connectivity index (χ0) is 19.4. The van der Waals surface area contributed by atoms with Crippen molar-refractivity contribution in [1.29, 1.82) is 0 Å². The Morgan fingerprint density at radius 3 is 1.28 bits per heavy atom. The fourth-order valence-electron chi connectivity index (χ4n) is 2.89. The van der Waals surface area contributed by atoms with E-state index in [9.17, 15) is 0 Å². The van der Waals surface area contributed by atoms with Crippen LogP contribution >= 0.6 is 23.5 Å². The summed E-state index contributed by atoms with van der Waals surface area (Å²) in [5.74, 6) is 1.40. The average Bonchev–Trinajstić information content (AvgIpc) is 2.81. The third-order valence-corrected chi connectivity index (χ3v) is 7.58. The summed E-state index contributed by atoms with van der Waals surface area (Å²) in [4.78, 5) is 5.01. The van der Waals surface area contributed by atoms with Crippen LogP contribution in [0.2, 0.25) is 0 Å². The van der Waals surface area contributed by atoms with E-state index in [2.05, 4.69) is 115 Å². The van der Waals surface area contributed by atoms with E-state index in [-0.39, 0.29) is 0 Å². The molecule has 148 valence electrons. The Morgan fingerprint density at radius 1 is 0.720 bits per heavy atom. The summed E-state index contributed by atoms with van der Waals surface area (Å²) in [6.45, 7) is 26.7. The second-order valence-electron chi connectivity index (χ2n) is 10.0. The summed E-state index contributed by atoms with van der Waals surface area (Å²) < 4.78 is 0.647. The van der Waals surface area contributed by atoms with Crippen molar-refractivity contribution >= 4 is 23.5 Å². The Labute approximate surface area is 166 Å². The van der Waals surface area contributed by atoms with Crippen molar-refractivity contribution in [1.82, 2.24) is 9.80 Å². The highest BCUT2D eigenvalue weighted by molar-refractivity contribution is 8.01. The molecule has 0 aromatic carbocycles. The average molecular weight is 387 g/mol. The maximum absolute atomic E-state index is 2.50. The predicted octanol–water partition coefficient (Wildman–Crippen LogP) is 6.15. The fourth-order valence-corrected chi connectivity index (χ4v) is 5.79. The van der Waals surface area contributed by atoms with E-state index in [4.69, 9.17) is 0 Å². The second-order valence-corrected chi connectivity index (χ2v) is 14.1. The molecule has 1 heterocycles. The molecule has 0 unspecified atom stereocenters. The smallest absolute Gasteiger partial charge is 0.0894 e. The Balaban J connectivity index is 2.58. The highest BCUT2D eigenvalue weighted by Gasteiger charge is 2.27. The molecule has 2 nitrogen and oxygen atoms in total. The lowest BCUT2D eigenvalue weighted by Crippen LogP contribution is -2.37. The lowest BCUT2D eigenvalue weighted by Gasteiger charge is -2.34. The molecule has 0 saturated heterocycles. The Morgan fingerprint density at radius 2 is 1.04 bits per heavy atom. The van der Waals surface area contributed by atoms with Gasteiger partial charge in [-0.2, -0.15) is 23.5 Å². The van der Waals surface area contributed by atoms with Gasteiger partial charge in [-0.15, -0.1) is 0 Å². The third kappa shape index (κ3) is 9.51. The number of thioether (sulfide) groups is 2. The molecule has 1 aliphatic heterocycles. The largest absolute Gasteiger partial charge is 0.357 e. The number of hydrogen-bond acceptors (Lipinski definition) is 4. The van der Waals surface area contributed by atoms with Crippen molar-refractivity contribution in [3.8, 4) is 0 Å². The van der Waals surface area contributed by atoms with E-state index in [1.807, 2.05) is 0 Å². The van der Waals surface area contributed by atoms with Gasteiger partial charge < -0.3 is 9.80 Å². The Bertz CT molecular complexity index is 381. The van der Waals surface area contributed by atoms with Crippen LogP contribution in [0.4, 0.5) is 0 Å². The first kappa shape index (κ1) is 23.1. The molecule has 0 N–H and O–H groups in total. The maximum Gasteiger partial charge on any atom is 0.0894 e. The monoisotopic (exact) mass is 386 g/mol. The fraction of sp³-hybridized carbons (Fsp3) is 0.905. The van der Waals surface area contributed by atoms with Gasteiger partial charge in [0.15, 0.2) is 0 Å². The van der Waals surface area contributed by atoms with Gasteiger partial charge in [0.2, 0.25) is 0 Å². The molecule has 2 atom stereocenters. The summed E-state index contributed by atoms with van der Waals surface area (Å²) in [5, 5.41) is 1.35. The Kier molecular flexibility index (Phi) is 8.59. The summed E-state index contributed by atoms with van der Waals surface area (Å²) in [6.07, 6.45) is 4.61. The SMILES string of the molecule is CC(C)[C@H](CN1C=CN(C[C@H](SC(C)(C)C)C(C)C)C1)SC(C)(C)C. The van der Waals surface area contributed by atoms with Gasteiger partial charge in [-0.1, -0.05) is 69.2 Å². The molecular formula is C21H42N2S2. The minimum absolute atomic E-state index is 0.324. The Hall–Kier alpha value is 0.0400. The lowest BCUT2D eigenvalue weighted by atomic mass is 10.1. The predicted molar refractivity (Wildman–Crippen MR) is 119 cm³/mol. The van der Waals surface area contributed by atoms with E-state index >= 15 is 0 Å².